The van der Waals surface area contributed by atoms with Crippen molar-refractivity contribution in [3.63, 3.8) is 0 Å². The van der Waals surface area contributed by atoms with Crippen molar-refractivity contribution >= 4 is 33.4 Å². The molecule has 42 heavy (non-hydrogen) atoms. The summed E-state index contributed by atoms with van der Waals surface area (Å²) in [5.74, 6) is 1.14. The molecule has 3 fully saturated rings. The molecular formula is C34H42N6OS. The molecule has 8 heteroatoms. The molecule has 1 amide bonds. The summed E-state index contributed by atoms with van der Waals surface area (Å²) in [6.07, 6.45) is 9.30. The lowest BCUT2D eigenvalue weighted by atomic mass is 9.88. The first-order valence-electron chi connectivity index (χ1n) is 15.6. The van der Waals surface area contributed by atoms with E-state index in [2.05, 4.69) is 81.6 Å². The van der Waals surface area contributed by atoms with E-state index < -0.39 is 5.41 Å². The number of carbonyl (C=O) groups excluding carboxylic acids is 1. The van der Waals surface area contributed by atoms with Crippen molar-refractivity contribution in [2.45, 2.75) is 77.3 Å². The average molecular weight is 583 g/mol. The van der Waals surface area contributed by atoms with Crippen LogP contribution in [0.1, 0.15) is 61.1 Å². The number of hydrogen-bond donors (Lipinski definition) is 1. The summed E-state index contributed by atoms with van der Waals surface area (Å²) in [5.41, 5.74) is 5.88. The molecule has 3 aliphatic heterocycles. The molecule has 1 N–H and O–H groups in total. The second-order valence-electron chi connectivity index (χ2n) is 13.1. The largest absolute Gasteiger partial charge is 0.346 e. The van der Waals surface area contributed by atoms with Crippen LogP contribution in [0.25, 0.3) is 21.5 Å². The van der Waals surface area contributed by atoms with Crippen molar-refractivity contribution < 1.29 is 4.79 Å². The van der Waals surface area contributed by atoms with Gasteiger partial charge in [-0.25, -0.2) is 9.97 Å². The predicted octanol–water partition coefficient (Wildman–Crippen LogP) is 6.10. The van der Waals surface area contributed by atoms with Gasteiger partial charge in [-0.3, -0.25) is 9.69 Å². The minimum atomic E-state index is -0.525. The van der Waals surface area contributed by atoms with E-state index in [1.54, 1.807) is 11.3 Å². The molecule has 3 saturated heterocycles. The number of piperazine rings is 1. The van der Waals surface area contributed by atoms with Crippen LogP contribution in [0.15, 0.2) is 42.7 Å². The summed E-state index contributed by atoms with van der Waals surface area (Å²) in [6.45, 7) is 13.5. The molecule has 6 heterocycles. The van der Waals surface area contributed by atoms with Crippen LogP contribution in [0.5, 0.6) is 0 Å². The molecule has 0 unspecified atom stereocenters. The average Bonchev–Trinajstić information content (AvgIpc) is 3.76. The second-order valence-corrected chi connectivity index (χ2v) is 14.2. The quantitative estimate of drug-likeness (QED) is 0.285. The lowest BCUT2D eigenvalue weighted by Gasteiger charge is -2.34. The zero-order valence-electron chi connectivity index (χ0n) is 25.3. The normalized spacial score (nSPS) is 21.1. The van der Waals surface area contributed by atoms with Crippen LogP contribution in [0, 0.1) is 13.8 Å². The fourth-order valence-electron chi connectivity index (χ4n) is 7.53. The molecule has 0 atom stereocenters. The summed E-state index contributed by atoms with van der Waals surface area (Å²) in [7, 11) is 0. The Morgan fingerprint density at radius 3 is 2.24 bits per heavy atom. The first kappa shape index (κ1) is 27.6. The molecule has 3 aromatic heterocycles. The van der Waals surface area contributed by atoms with E-state index in [1.165, 1.54) is 68.7 Å². The third-order valence-corrected chi connectivity index (χ3v) is 11.2. The minimum Gasteiger partial charge on any atom is -0.346 e. The number of aromatic nitrogens is 3. The van der Waals surface area contributed by atoms with Crippen LogP contribution in [-0.4, -0.2) is 75.5 Å². The summed E-state index contributed by atoms with van der Waals surface area (Å²) >= 11 is 1.77. The van der Waals surface area contributed by atoms with Crippen molar-refractivity contribution in [3.8, 4) is 11.3 Å². The Kier molecular flexibility index (Phi) is 7.09. The fraction of sp³-hybridized carbons (Fsp3) is 0.500. The van der Waals surface area contributed by atoms with Crippen LogP contribution in [-0.2, 0) is 16.6 Å². The van der Waals surface area contributed by atoms with E-state index in [0.717, 1.165) is 45.1 Å². The number of nitrogens with one attached hydrogen (secondary N) is 1. The van der Waals surface area contributed by atoms with Gasteiger partial charge < -0.3 is 14.8 Å². The first-order chi connectivity index (χ1) is 20.3. The summed E-state index contributed by atoms with van der Waals surface area (Å²) < 4.78 is 0. The van der Waals surface area contributed by atoms with E-state index in [9.17, 15) is 4.79 Å². The summed E-state index contributed by atoms with van der Waals surface area (Å²) in [5, 5.41) is 1.28. The van der Waals surface area contributed by atoms with Gasteiger partial charge in [0.2, 0.25) is 11.9 Å². The Bertz CT molecular complexity index is 1560. The number of aryl methyl sites for hydroxylation is 2. The van der Waals surface area contributed by atoms with E-state index in [4.69, 9.17) is 0 Å². The highest BCUT2D eigenvalue weighted by Gasteiger charge is 2.47. The van der Waals surface area contributed by atoms with Gasteiger partial charge in [-0.05, 0) is 95.2 Å². The van der Waals surface area contributed by atoms with Gasteiger partial charge in [0.05, 0.1) is 11.1 Å². The monoisotopic (exact) mass is 582 g/mol. The SMILES string of the molecule is Cc1cc(C)cc(-c2[nH]c3sc(C(C)(C)C(=O)N4C5CCC4CC5)cc3c2CCN2CCN(c3ncccn3)CC2)c1. The number of carbonyl (C=O) groups is 1. The van der Waals surface area contributed by atoms with Crippen molar-refractivity contribution in [1.82, 2.24) is 24.8 Å². The zero-order valence-corrected chi connectivity index (χ0v) is 26.1. The molecule has 0 aliphatic carbocycles. The molecule has 220 valence electrons. The molecule has 0 saturated carbocycles. The van der Waals surface area contributed by atoms with Gasteiger partial charge in [0.25, 0.3) is 0 Å². The lowest BCUT2D eigenvalue weighted by Crippen LogP contribution is -2.47. The number of benzene rings is 1. The Hall–Kier alpha value is -3.23. The molecule has 2 bridgehead atoms. The van der Waals surface area contributed by atoms with Gasteiger partial charge in [-0.2, -0.15) is 0 Å². The zero-order chi connectivity index (χ0) is 29.0. The van der Waals surface area contributed by atoms with Gasteiger partial charge >= 0.3 is 0 Å². The topological polar surface area (TPSA) is 68.4 Å². The van der Waals surface area contributed by atoms with Gasteiger partial charge in [0.1, 0.15) is 4.83 Å². The van der Waals surface area contributed by atoms with Gasteiger partial charge in [0.15, 0.2) is 0 Å². The van der Waals surface area contributed by atoms with Gasteiger partial charge in [0, 0.05) is 67.5 Å². The van der Waals surface area contributed by atoms with Crippen LogP contribution in [0.2, 0.25) is 0 Å². The highest BCUT2D eigenvalue weighted by atomic mass is 32.1. The molecule has 1 aromatic carbocycles. The fourth-order valence-corrected chi connectivity index (χ4v) is 8.72. The highest BCUT2D eigenvalue weighted by Crippen LogP contribution is 2.44. The number of H-pyrrole nitrogens is 1. The van der Waals surface area contributed by atoms with E-state index in [0.29, 0.717) is 18.0 Å². The molecule has 0 radical (unpaired) electrons. The Morgan fingerprint density at radius 1 is 0.952 bits per heavy atom. The maximum absolute atomic E-state index is 13.9. The van der Waals surface area contributed by atoms with Gasteiger partial charge in [-0.15, -0.1) is 11.3 Å². The van der Waals surface area contributed by atoms with Gasteiger partial charge in [-0.1, -0.05) is 17.2 Å². The Morgan fingerprint density at radius 2 is 1.60 bits per heavy atom. The van der Waals surface area contributed by atoms with Crippen LogP contribution >= 0.6 is 11.3 Å². The molecule has 7 rings (SSSR count). The van der Waals surface area contributed by atoms with E-state index in [1.807, 2.05) is 18.5 Å². The number of amides is 1. The Balaban J connectivity index is 1.16. The highest BCUT2D eigenvalue weighted by molar-refractivity contribution is 7.19. The van der Waals surface area contributed by atoms with Crippen LogP contribution in [0.3, 0.4) is 0 Å². The summed E-state index contributed by atoms with van der Waals surface area (Å²) in [6, 6.07) is 11.9. The standard InChI is InChI=1S/C34H42N6OS/c1-22-18-23(2)20-24(19-22)30-27(10-13-38-14-16-39(17-15-38)33-35-11-5-12-36-33)28-21-29(42-31(28)37-30)34(3,4)32(41)40-25-6-7-26(40)9-8-25/h5,11-12,18-21,25-26,37H,6-10,13-17H2,1-4H3. The first-order valence-corrected chi connectivity index (χ1v) is 16.4. The van der Waals surface area contributed by atoms with Crippen molar-refractivity contribution in [2.75, 3.05) is 37.6 Å². The predicted molar refractivity (Wildman–Crippen MR) is 171 cm³/mol. The maximum Gasteiger partial charge on any atom is 0.233 e. The van der Waals surface area contributed by atoms with Crippen LogP contribution in [0.4, 0.5) is 5.95 Å². The Labute approximate surface area is 253 Å². The maximum atomic E-state index is 13.9. The van der Waals surface area contributed by atoms with E-state index in [-0.39, 0.29) is 0 Å². The molecule has 3 aliphatic rings. The van der Waals surface area contributed by atoms with Crippen molar-refractivity contribution in [2.24, 2.45) is 0 Å². The number of anilines is 1. The number of rotatable bonds is 7. The minimum absolute atomic E-state index is 0.313. The van der Waals surface area contributed by atoms with Crippen LogP contribution < -0.4 is 4.90 Å². The molecule has 7 nitrogen and oxygen atoms in total. The third-order valence-electron chi connectivity index (χ3n) is 9.83. The number of nitrogens with zero attached hydrogens (tertiary/aromatic N) is 5. The van der Waals surface area contributed by atoms with Crippen molar-refractivity contribution in [1.29, 1.82) is 0 Å². The van der Waals surface area contributed by atoms with Crippen molar-refractivity contribution in [3.05, 3.63) is 64.3 Å². The lowest BCUT2D eigenvalue weighted by molar-refractivity contribution is -0.137. The molecular weight excluding hydrogens is 540 g/mol. The number of hydrogen-bond acceptors (Lipinski definition) is 6. The summed E-state index contributed by atoms with van der Waals surface area (Å²) in [4.78, 5) is 36.1. The third kappa shape index (κ3) is 4.92. The number of fused-ring (bicyclic) bond motifs is 3. The molecule has 0 spiro atoms. The second kappa shape index (κ2) is 10.8. The van der Waals surface area contributed by atoms with E-state index >= 15 is 0 Å². The smallest absolute Gasteiger partial charge is 0.233 e. The number of aromatic amines is 1. The number of thiophene rings is 1. The molecule has 4 aromatic rings.